The second-order valence-electron chi connectivity index (χ2n) is 8.57. The van der Waals surface area contributed by atoms with Gasteiger partial charge in [0.2, 0.25) is 0 Å². The number of fused-ring (bicyclic) bond motifs is 1. The normalized spacial score (nSPS) is 15.1. The first-order chi connectivity index (χ1) is 18.4. The van der Waals surface area contributed by atoms with Crippen molar-refractivity contribution in [2.45, 2.75) is 13.0 Å². The molecule has 9 heteroatoms. The van der Waals surface area contributed by atoms with E-state index in [1.807, 2.05) is 60.7 Å². The molecule has 0 bridgehead atoms. The molecule has 4 aromatic rings. The van der Waals surface area contributed by atoms with Gasteiger partial charge in [0.15, 0.2) is 4.80 Å². The van der Waals surface area contributed by atoms with Crippen LogP contribution in [0.25, 0.3) is 6.08 Å². The number of halogens is 1. The highest BCUT2D eigenvalue weighted by molar-refractivity contribution is 7.07. The number of carbonyl (C=O) groups is 1. The summed E-state index contributed by atoms with van der Waals surface area (Å²) >= 11 is 7.56. The van der Waals surface area contributed by atoms with Crippen molar-refractivity contribution in [3.05, 3.63) is 120 Å². The second kappa shape index (κ2) is 10.7. The standard InChI is InChI=1S/C29H24ClN3O4S/c1-17-25(27(34)32-20-9-5-4-6-10-20)26(19-8-7-11-21(16-19)36-2)33-28(35)24(38-29(33)31-17)15-18-12-13-23(37-3)22(30)14-18/h4-16,26H,1-3H3,(H,32,34)/b24-15+/t26-/m0/s1. The number of rotatable bonds is 6. The first-order valence-corrected chi connectivity index (χ1v) is 13.0. The molecular weight excluding hydrogens is 522 g/mol. The minimum atomic E-state index is -0.702. The summed E-state index contributed by atoms with van der Waals surface area (Å²) in [7, 11) is 3.13. The number of nitrogens with zero attached hydrogens (tertiary/aromatic N) is 2. The molecule has 0 aliphatic carbocycles. The first-order valence-electron chi connectivity index (χ1n) is 11.8. The molecule has 0 saturated heterocycles. The van der Waals surface area contributed by atoms with Crippen molar-refractivity contribution >= 4 is 40.6 Å². The molecule has 3 aromatic carbocycles. The van der Waals surface area contributed by atoms with Gasteiger partial charge < -0.3 is 14.8 Å². The van der Waals surface area contributed by atoms with Gasteiger partial charge in [-0.25, -0.2) is 4.99 Å². The number of hydrogen-bond donors (Lipinski definition) is 1. The fourth-order valence-electron chi connectivity index (χ4n) is 4.38. The van der Waals surface area contributed by atoms with Crippen LogP contribution in [-0.4, -0.2) is 24.7 Å². The van der Waals surface area contributed by atoms with Crippen molar-refractivity contribution in [3.8, 4) is 11.5 Å². The van der Waals surface area contributed by atoms with Crippen LogP contribution in [0.5, 0.6) is 11.5 Å². The average Bonchev–Trinajstić information content (AvgIpc) is 3.22. The maximum Gasteiger partial charge on any atom is 0.271 e. The minimum Gasteiger partial charge on any atom is -0.497 e. The molecule has 1 atom stereocenters. The van der Waals surface area contributed by atoms with Gasteiger partial charge in [-0.15, -0.1) is 0 Å². The van der Waals surface area contributed by atoms with E-state index in [1.54, 1.807) is 43.9 Å². The van der Waals surface area contributed by atoms with Crippen LogP contribution in [0.1, 0.15) is 24.1 Å². The van der Waals surface area contributed by atoms with Crippen LogP contribution in [-0.2, 0) is 4.79 Å². The van der Waals surface area contributed by atoms with Gasteiger partial charge in [-0.05, 0) is 60.5 Å². The molecule has 1 amide bonds. The number of allylic oxidation sites excluding steroid dienone is 1. The lowest BCUT2D eigenvalue weighted by atomic mass is 9.95. The number of thiazole rings is 1. The summed E-state index contributed by atoms with van der Waals surface area (Å²) < 4.78 is 12.7. The Kier molecular flexibility index (Phi) is 7.18. The number of para-hydroxylation sites is 1. The second-order valence-corrected chi connectivity index (χ2v) is 9.99. The maximum absolute atomic E-state index is 13.8. The molecule has 1 aliphatic heterocycles. The van der Waals surface area contributed by atoms with Gasteiger partial charge in [0.1, 0.15) is 11.5 Å². The van der Waals surface area contributed by atoms with Gasteiger partial charge in [0.25, 0.3) is 11.5 Å². The SMILES string of the molecule is COc1cccc([C@H]2C(C(=O)Nc3ccccc3)=C(C)N=c3s/c(=C/c4ccc(OC)c(Cl)c4)c(=O)n32)c1. The van der Waals surface area contributed by atoms with E-state index in [-0.39, 0.29) is 11.5 Å². The van der Waals surface area contributed by atoms with Gasteiger partial charge >= 0.3 is 0 Å². The van der Waals surface area contributed by atoms with Crippen molar-refractivity contribution < 1.29 is 14.3 Å². The number of hydrogen-bond acceptors (Lipinski definition) is 6. The molecule has 7 nitrogen and oxygen atoms in total. The number of benzene rings is 3. The highest BCUT2D eigenvalue weighted by Crippen LogP contribution is 2.32. The van der Waals surface area contributed by atoms with E-state index >= 15 is 0 Å². The largest absolute Gasteiger partial charge is 0.497 e. The zero-order valence-corrected chi connectivity index (χ0v) is 22.5. The summed E-state index contributed by atoms with van der Waals surface area (Å²) in [5.74, 6) is 0.837. The lowest BCUT2D eigenvalue weighted by molar-refractivity contribution is -0.113. The maximum atomic E-state index is 13.8. The Morgan fingerprint density at radius 1 is 1.05 bits per heavy atom. The number of carbonyl (C=O) groups excluding carboxylic acids is 1. The molecule has 5 rings (SSSR count). The van der Waals surface area contributed by atoms with Crippen LogP contribution in [0.4, 0.5) is 5.69 Å². The van der Waals surface area contributed by atoms with Crippen molar-refractivity contribution in [2.75, 3.05) is 19.5 Å². The Bertz CT molecular complexity index is 1740. The van der Waals surface area contributed by atoms with Crippen LogP contribution in [0, 0.1) is 0 Å². The fraction of sp³-hybridized carbons (Fsp3) is 0.138. The molecule has 192 valence electrons. The van der Waals surface area contributed by atoms with Crippen LogP contribution in [0.3, 0.4) is 0 Å². The Labute approximate surface area is 228 Å². The van der Waals surface area contributed by atoms with E-state index in [0.717, 1.165) is 11.1 Å². The molecule has 0 spiro atoms. The predicted octanol–water partition coefficient (Wildman–Crippen LogP) is 4.54. The van der Waals surface area contributed by atoms with E-state index in [1.165, 1.54) is 11.3 Å². The third kappa shape index (κ3) is 4.88. The lowest BCUT2D eigenvalue weighted by Crippen LogP contribution is -2.40. The van der Waals surface area contributed by atoms with Crippen LogP contribution >= 0.6 is 22.9 Å². The third-order valence-electron chi connectivity index (χ3n) is 6.18. The highest BCUT2D eigenvalue weighted by atomic mass is 35.5. The summed E-state index contributed by atoms with van der Waals surface area (Å²) in [5.41, 5.74) is 2.79. The number of nitrogens with one attached hydrogen (secondary N) is 1. The topological polar surface area (TPSA) is 81.9 Å². The molecule has 38 heavy (non-hydrogen) atoms. The number of aromatic nitrogens is 1. The molecule has 1 aliphatic rings. The Balaban J connectivity index is 1.67. The van der Waals surface area contributed by atoms with Crippen molar-refractivity contribution in [3.63, 3.8) is 0 Å². The van der Waals surface area contributed by atoms with E-state index in [4.69, 9.17) is 21.1 Å². The zero-order valence-electron chi connectivity index (χ0n) is 20.9. The van der Waals surface area contributed by atoms with Crippen molar-refractivity contribution in [2.24, 2.45) is 4.99 Å². The lowest BCUT2D eigenvalue weighted by Gasteiger charge is -2.25. The smallest absolute Gasteiger partial charge is 0.271 e. The molecule has 0 saturated carbocycles. The summed E-state index contributed by atoms with van der Waals surface area (Å²) in [4.78, 5) is 32.6. The average molecular weight is 546 g/mol. The monoisotopic (exact) mass is 545 g/mol. The number of methoxy groups -OCH3 is 2. The first kappa shape index (κ1) is 25.5. The number of anilines is 1. The summed E-state index contributed by atoms with van der Waals surface area (Å²) in [6.07, 6.45) is 1.76. The van der Waals surface area contributed by atoms with Gasteiger partial charge in [0, 0.05) is 5.69 Å². The molecule has 0 fully saturated rings. The highest BCUT2D eigenvalue weighted by Gasteiger charge is 2.32. The van der Waals surface area contributed by atoms with E-state index < -0.39 is 6.04 Å². The number of ether oxygens (including phenoxy) is 2. The summed E-state index contributed by atoms with van der Waals surface area (Å²) in [6.45, 7) is 1.79. The van der Waals surface area contributed by atoms with Gasteiger partial charge in [0.05, 0.1) is 41.1 Å². The van der Waals surface area contributed by atoms with Crippen LogP contribution < -0.4 is 29.7 Å². The van der Waals surface area contributed by atoms with Gasteiger partial charge in [-0.3, -0.25) is 14.2 Å². The van der Waals surface area contributed by atoms with E-state index in [0.29, 0.717) is 42.8 Å². The quantitative estimate of drug-likeness (QED) is 0.385. The molecule has 0 radical (unpaired) electrons. The molecule has 0 unspecified atom stereocenters. The van der Waals surface area contributed by atoms with Gasteiger partial charge in [-0.2, -0.15) is 0 Å². The Hall–Kier alpha value is -4.14. The van der Waals surface area contributed by atoms with Crippen molar-refractivity contribution in [1.29, 1.82) is 0 Å². The van der Waals surface area contributed by atoms with Gasteiger partial charge in [-0.1, -0.05) is 59.3 Å². The summed E-state index contributed by atoms with van der Waals surface area (Å²) in [6, 6.07) is 21.2. The Morgan fingerprint density at radius 3 is 2.55 bits per heavy atom. The fourth-order valence-corrected chi connectivity index (χ4v) is 5.70. The van der Waals surface area contributed by atoms with Crippen molar-refractivity contribution in [1.82, 2.24) is 4.57 Å². The van der Waals surface area contributed by atoms with E-state index in [2.05, 4.69) is 10.3 Å². The minimum absolute atomic E-state index is 0.258. The molecule has 1 N–H and O–H groups in total. The molecule has 2 heterocycles. The third-order valence-corrected chi connectivity index (χ3v) is 7.46. The molecule has 1 aromatic heterocycles. The van der Waals surface area contributed by atoms with Crippen LogP contribution in [0.15, 0.2) is 93.9 Å². The Morgan fingerprint density at radius 2 is 1.84 bits per heavy atom. The molecular formula is C29H24ClN3O4S. The zero-order chi connectivity index (χ0) is 26.8. The predicted molar refractivity (Wildman–Crippen MR) is 150 cm³/mol. The summed E-state index contributed by atoms with van der Waals surface area (Å²) in [5, 5.41) is 3.39. The van der Waals surface area contributed by atoms with E-state index in [9.17, 15) is 9.59 Å². The number of amides is 1. The van der Waals surface area contributed by atoms with Crippen LogP contribution in [0.2, 0.25) is 5.02 Å².